The number of aryl methyl sites for hydroxylation is 1. The second-order valence-corrected chi connectivity index (χ2v) is 6.74. The first-order valence-electron chi connectivity index (χ1n) is 9.04. The summed E-state index contributed by atoms with van der Waals surface area (Å²) in [5.74, 6) is -0.445. The number of carbonyl (C=O) groups is 2. The van der Waals surface area contributed by atoms with Crippen molar-refractivity contribution in [2.45, 2.75) is 27.7 Å². The van der Waals surface area contributed by atoms with E-state index < -0.39 is 0 Å². The van der Waals surface area contributed by atoms with Crippen LogP contribution in [0.25, 0.3) is 0 Å². The smallest absolute Gasteiger partial charge is 0.244 e. The molecule has 0 saturated carbocycles. The van der Waals surface area contributed by atoms with Gasteiger partial charge in [0, 0.05) is 42.1 Å². The van der Waals surface area contributed by atoms with Crippen LogP contribution in [0.2, 0.25) is 5.02 Å². The monoisotopic (exact) mass is 387 g/mol. The first kappa shape index (κ1) is 20.8. The maximum Gasteiger partial charge on any atom is 0.244 e. The zero-order chi connectivity index (χ0) is 20.0. The molecule has 0 heterocycles. The summed E-state index contributed by atoms with van der Waals surface area (Å²) in [4.78, 5) is 28.3. The second-order valence-electron chi connectivity index (χ2n) is 6.30. The van der Waals surface area contributed by atoms with Crippen LogP contribution >= 0.6 is 11.6 Å². The lowest BCUT2D eigenvalue weighted by Crippen LogP contribution is -2.37. The van der Waals surface area contributed by atoms with E-state index in [1.165, 1.54) is 11.8 Å². The third-order valence-corrected chi connectivity index (χ3v) is 4.66. The first-order chi connectivity index (χ1) is 12.8. The normalized spacial score (nSPS) is 10.4. The van der Waals surface area contributed by atoms with E-state index in [1.54, 1.807) is 24.3 Å². The SMILES string of the molecule is CCN(CC)c1ccc(N(CC(=O)Nc2ccc(Cl)cc2)C(C)=O)c(C)c1. The predicted molar refractivity (Wildman–Crippen MR) is 113 cm³/mol. The number of rotatable bonds is 7. The Balaban J connectivity index is 2.18. The molecule has 0 saturated heterocycles. The number of anilines is 3. The van der Waals surface area contributed by atoms with Crippen LogP contribution in [0.1, 0.15) is 26.3 Å². The van der Waals surface area contributed by atoms with Crippen molar-refractivity contribution < 1.29 is 9.59 Å². The van der Waals surface area contributed by atoms with Crippen molar-refractivity contribution in [3.05, 3.63) is 53.1 Å². The van der Waals surface area contributed by atoms with E-state index in [0.29, 0.717) is 10.7 Å². The molecule has 0 atom stereocenters. The molecular formula is C21H26ClN3O2. The zero-order valence-corrected chi connectivity index (χ0v) is 17.0. The minimum Gasteiger partial charge on any atom is -0.372 e. The average Bonchev–Trinajstić information content (AvgIpc) is 2.63. The van der Waals surface area contributed by atoms with Crippen LogP contribution in [0.4, 0.5) is 17.1 Å². The quantitative estimate of drug-likeness (QED) is 0.761. The molecule has 0 bridgehead atoms. The number of halogens is 1. The maximum atomic E-state index is 12.4. The maximum absolute atomic E-state index is 12.4. The molecule has 1 N–H and O–H groups in total. The van der Waals surface area contributed by atoms with Gasteiger partial charge in [-0.1, -0.05) is 11.6 Å². The fourth-order valence-corrected chi connectivity index (χ4v) is 3.10. The van der Waals surface area contributed by atoms with Crippen molar-refractivity contribution >= 4 is 40.5 Å². The number of amides is 2. The van der Waals surface area contributed by atoms with Crippen molar-refractivity contribution in [1.29, 1.82) is 0 Å². The topological polar surface area (TPSA) is 52.6 Å². The van der Waals surface area contributed by atoms with E-state index >= 15 is 0 Å². The Morgan fingerprint density at radius 2 is 1.67 bits per heavy atom. The van der Waals surface area contributed by atoms with Crippen molar-refractivity contribution in [2.75, 3.05) is 34.8 Å². The van der Waals surface area contributed by atoms with Crippen LogP contribution in [-0.4, -0.2) is 31.4 Å². The number of nitrogens with zero attached hydrogens (tertiary/aromatic N) is 2. The van der Waals surface area contributed by atoms with Gasteiger partial charge in [0.25, 0.3) is 0 Å². The van der Waals surface area contributed by atoms with Crippen molar-refractivity contribution in [3.8, 4) is 0 Å². The average molecular weight is 388 g/mol. The fourth-order valence-electron chi connectivity index (χ4n) is 2.97. The van der Waals surface area contributed by atoms with E-state index in [4.69, 9.17) is 11.6 Å². The highest BCUT2D eigenvalue weighted by molar-refractivity contribution is 6.30. The van der Waals surface area contributed by atoms with E-state index in [2.05, 4.69) is 30.1 Å². The van der Waals surface area contributed by atoms with Crippen LogP contribution in [0, 0.1) is 6.92 Å². The van der Waals surface area contributed by atoms with Gasteiger partial charge in [-0.3, -0.25) is 9.59 Å². The summed E-state index contributed by atoms with van der Waals surface area (Å²) in [6, 6.07) is 12.8. The van der Waals surface area contributed by atoms with E-state index in [-0.39, 0.29) is 18.4 Å². The number of carbonyl (C=O) groups excluding carboxylic acids is 2. The van der Waals surface area contributed by atoms with E-state index in [1.807, 2.05) is 19.1 Å². The molecule has 2 amide bonds. The predicted octanol–water partition coefficient (Wildman–Crippen LogP) is 4.49. The zero-order valence-electron chi connectivity index (χ0n) is 16.3. The van der Waals surface area contributed by atoms with Gasteiger partial charge in [-0.05, 0) is 68.8 Å². The Morgan fingerprint density at radius 3 is 2.19 bits per heavy atom. The minimum absolute atomic E-state index is 0.0522. The summed E-state index contributed by atoms with van der Waals surface area (Å²) >= 11 is 5.86. The van der Waals surface area contributed by atoms with Gasteiger partial charge in [0.1, 0.15) is 6.54 Å². The van der Waals surface area contributed by atoms with Crippen LogP contribution in [0.15, 0.2) is 42.5 Å². The van der Waals surface area contributed by atoms with Gasteiger partial charge in [0.05, 0.1) is 0 Å². The van der Waals surface area contributed by atoms with Gasteiger partial charge in [-0.15, -0.1) is 0 Å². The van der Waals surface area contributed by atoms with Crippen molar-refractivity contribution in [3.63, 3.8) is 0 Å². The Labute approximate surface area is 165 Å². The third-order valence-electron chi connectivity index (χ3n) is 4.41. The second kappa shape index (κ2) is 9.42. The van der Waals surface area contributed by atoms with Crippen molar-refractivity contribution in [1.82, 2.24) is 0 Å². The summed E-state index contributed by atoms with van der Waals surface area (Å²) in [6.45, 7) is 9.40. The minimum atomic E-state index is -0.264. The largest absolute Gasteiger partial charge is 0.372 e. The molecule has 6 heteroatoms. The van der Waals surface area contributed by atoms with Gasteiger partial charge in [-0.25, -0.2) is 0 Å². The Bertz CT molecular complexity index is 802. The van der Waals surface area contributed by atoms with Crippen molar-refractivity contribution in [2.24, 2.45) is 0 Å². The molecule has 0 aliphatic heterocycles. The highest BCUT2D eigenvalue weighted by Crippen LogP contribution is 2.26. The molecule has 0 aliphatic rings. The molecule has 0 unspecified atom stereocenters. The van der Waals surface area contributed by atoms with Gasteiger partial charge >= 0.3 is 0 Å². The summed E-state index contributed by atoms with van der Waals surface area (Å²) in [5.41, 5.74) is 3.44. The van der Waals surface area contributed by atoms with Gasteiger partial charge in [0.15, 0.2) is 0 Å². The molecule has 2 aromatic carbocycles. The van der Waals surface area contributed by atoms with Gasteiger partial charge < -0.3 is 15.1 Å². The number of hydrogen-bond donors (Lipinski definition) is 1. The lowest BCUT2D eigenvalue weighted by Gasteiger charge is -2.26. The number of hydrogen-bond acceptors (Lipinski definition) is 3. The molecule has 0 spiro atoms. The highest BCUT2D eigenvalue weighted by Gasteiger charge is 2.18. The van der Waals surface area contributed by atoms with Crippen LogP contribution in [-0.2, 0) is 9.59 Å². The molecule has 0 radical (unpaired) electrons. The molecule has 2 rings (SSSR count). The Kier molecular flexibility index (Phi) is 7.25. The van der Waals surface area contributed by atoms with Crippen LogP contribution in [0.5, 0.6) is 0 Å². The molecule has 27 heavy (non-hydrogen) atoms. The summed E-state index contributed by atoms with van der Waals surface area (Å²) < 4.78 is 0. The lowest BCUT2D eigenvalue weighted by atomic mass is 10.1. The Morgan fingerprint density at radius 1 is 1.04 bits per heavy atom. The molecule has 5 nitrogen and oxygen atoms in total. The van der Waals surface area contributed by atoms with Gasteiger partial charge in [0.2, 0.25) is 11.8 Å². The van der Waals surface area contributed by atoms with Crippen LogP contribution in [0.3, 0.4) is 0 Å². The summed E-state index contributed by atoms with van der Waals surface area (Å²) in [5, 5.41) is 3.39. The lowest BCUT2D eigenvalue weighted by molar-refractivity contribution is -0.120. The van der Waals surface area contributed by atoms with Gasteiger partial charge in [-0.2, -0.15) is 0 Å². The number of benzene rings is 2. The standard InChI is InChI=1S/C21H26ClN3O2/c1-5-24(6-2)19-11-12-20(15(3)13-19)25(16(4)26)14-21(27)23-18-9-7-17(22)8-10-18/h7-13H,5-6,14H2,1-4H3,(H,23,27). The Hall–Kier alpha value is -2.53. The van der Waals surface area contributed by atoms with E-state index in [0.717, 1.165) is 30.0 Å². The molecular weight excluding hydrogens is 362 g/mol. The van der Waals surface area contributed by atoms with E-state index in [9.17, 15) is 9.59 Å². The third kappa shape index (κ3) is 5.47. The molecule has 0 aromatic heterocycles. The highest BCUT2D eigenvalue weighted by atomic mass is 35.5. The first-order valence-corrected chi connectivity index (χ1v) is 9.42. The van der Waals surface area contributed by atoms with Crippen LogP contribution < -0.4 is 15.1 Å². The molecule has 0 fully saturated rings. The molecule has 2 aromatic rings. The number of nitrogens with one attached hydrogen (secondary N) is 1. The summed E-state index contributed by atoms with van der Waals surface area (Å²) in [7, 11) is 0. The fraction of sp³-hybridized carbons (Fsp3) is 0.333. The summed E-state index contributed by atoms with van der Waals surface area (Å²) in [6.07, 6.45) is 0. The molecule has 144 valence electrons. The molecule has 0 aliphatic carbocycles.